The van der Waals surface area contributed by atoms with Gasteiger partial charge in [0.25, 0.3) is 0 Å². The molecule has 0 bridgehead atoms. The number of piperazine rings is 1. The lowest BCUT2D eigenvalue weighted by Gasteiger charge is -2.29. The predicted octanol–water partition coefficient (Wildman–Crippen LogP) is 0.854. The van der Waals surface area contributed by atoms with Crippen molar-refractivity contribution in [2.45, 2.75) is 26.7 Å². The van der Waals surface area contributed by atoms with Crippen LogP contribution in [-0.4, -0.2) is 37.0 Å². The molecule has 1 saturated heterocycles. The van der Waals surface area contributed by atoms with Gasteiger partial charge in [-0.2, -0.15) is 0 Å². The van der Waals surface area contributed by atoms with Gasteiger partial charge < -0.3 is 10.2 Å². The van der Waals surface area contributed by atoms with E-state index in [-0.39, 0.29) is 5.92 Å². The molecule has 3 heteroatoms. The first-order chi connectivity index (χ1) is 6.25. The standard InChI is InChI=1S/C10H20N2O/c1-3-4-9(2)10(13)12-7-5-11-6-8-12/h9,11H,3-8H2,1-2H3. The Bertz CT molecular complexity index is 164. The molecule has 0 spiro atoms. The van der Waals surface area contributed by atoms with Gasteiger partial charge in [0.05, 0.1) is 0 Å². The van der Waals surface area contributed by atoms with Crippen LogP contribution in [0.15, 0.2) is 0 Å². The molecule has 1 aliphatic rings. The molecule has 1 heterocycles. The van der Waals surface area contributed by atoms with Crippen molar-refractivity contribution in [2.24, 2.45) is 5.92 Å². The molecule has 1 rings (SSSR count). The van der Waals surface area contributed by atoms with E-state index in [9.17, 15) is 4.79 Å². The molecule has 0 saturated carbocycles. The first-order valence-corrected chi connectivity index (χ1v) is 5.25. The summed E-state index contributed by atoms with van der Waals surface area (Å²) in [6.45, 7) is 7.82. The van der Waals surface area contributed by atoms with Crippen LogP contribution >= 0.6 is 0 Å². The Morgan fingerprint density at radius 3 is 2.62 bits per heavy atom. The molecule has 1 atom stereocenters. The number of hydrogen-bond acceptors (Lipinski definition) is 2. The van der Waals surface area contributed by atoms with Crippen molar-refractivity contribution in [3.8, 4) is 0 Å². The Morgan fingerprint density at radius 1 is 1.46 bits per heavy atom. The number of nitrogens with one attached hydrogen (secondary N) is 1. The van der Waals surface area contributed by atoms with E-state index in [1.54, 1.807) is 0 Å². The minimum absolute atomic E-state index is 0.211. The molecule has 13 heavy (non-hydrogen) atoms. The van der Waals surface area contributed by atoms with Crippen molar-refractivity contribution in [3.63, 3.8) is 0 Å². The smallest absolute Gasteiger partial charge is 0.225 e. The number of hydrogen-bond donors (Lipinski definition) is 1. The van der Waals surface area contributed by atoms with Gasteiger partial charge in [0.1, 0.15) is 0 Å². The number of nitrogens with zero attached hydrogens (tertiary/aromatic N) is 1. The lowest BCUT2D eigenvalue weighted by molar-refractivity contribution is -0.135. The summed E-state index contributed by atoms with van der Waals surface area (Å²) in [6.07, 6.45) is 2.11. The molecule has 0 aromatic carbocycles. The van der Waals surface area contributed by atoms with Crippen LogP contribution < -0.4 is 5.32 Å². The lowest BCUT2D eigenvalue weighted by Crippen LogP contribution is -2.48. The Kier molecular flexibility index (Phi) is 4.22. The van der Waals surface area contributed by atoms with Crippen LogP contribution in [0.4, 0.5) is 0 Å². The fourth-order valence-electron chi connectivity index (χ4n) is 1.75. The van der Waals surface area contributed by atoms with Crippen LogP contribution in [-0.2, 0) is 4.79 Å². The summed E-state index contributed by atoms with van der Waals surface area (Å²) in [7, 11) is 0. The molecule has 76 valence electrons. The van der Waals surface area contributed by atoms with Crippen LogP contribution in [0, 0.1) is 5.92 Å². The fourth-order valence-corrected chi connectivity index (χ4v) is 1.75. The maximum atomic E-state index is 11.8. The zero-order chi connectivity index (χ0) is 9.68. The molecule has 3 nitrogen and oxygen atoms in total. The first-order valence-electron chi connectivity index (χ1n) is 5.25. The second kappa shape index (κ2) is 5.22. The van der Waals surface area contributed by atoms with Crippen molar-refractivity contribution < 1.29 is 4.79 Å². The lowest BCUT2D eigenvalue weighted by atomic mass is 10.0. The van der Waals surface area contributed by atoms with Crippen LogP contribution in [0.25, 0.3) is 0 Å². The van der Waals surface area contributed by atoms with E-state index in [0.29, 0.717) is 5.91 Å². The molecule has 0 aromatic heterocycles. The van der Waals surface area contributed by atoms with Crippen molar-refractivity contribution in [1.82, 2.24) is 10.2 Å². The van der Waals surface area contributed by atoms with E-state index in [1.165, 1.54) is 0 Å². The zero-order valence-corrected chi connectivity index (χ0v) is 8.68. The predicted molar refractivity (Wildman–Crippen MR) is 53.5 cm³/mol. The number of amides is 1. The topological polar surface area (TPSA) is 32.3 Å². The van der Waals surface area contributed by atoms with Crippen LogP contribution in [0.2, 0.25) is 0 Å². The summed E-state index contributed by atoms with van der Waals surface area (Å²) in [5.74, 6) is 0.548. The van der Waals surface area contributed by atoms with Crippen molar-refractivity contribution in [3.05, 3.63) is 0 Å². The molecular formula is C10H20N2O. The summed E-state index contributed by atoms with van der Waals surface area (Å²) in [5.41, 5.74) is 0. The molecule has 1 aliphatic heterocycles. The van der Waals surface area contributed by atoms with Crippen molar-refractivity contribution in [2.75, 3.05) is 26.2 Å². The minimum Gasteiger partial charge on any atom is -0.340 e. The Balaban J connectivity index is 2.36. The summed E-state index contributed by atoms with van der Waals surface area (Å²) >= 11 is 0. The van der Waals surface area contributed by atoms with Gasteiger partial charge in [-0.15, -0.1) is 0 Å². The summed E-state index contributed by atoms with van der Waals surface area (Å²) < 4.78 is 0. The molecule has 1 N–H and O–H groups in total. The number of rotatable bonds is 3. The maximum absolute atomic E-state index is 11.8. The monoisotopic (exact) mass is 184 g/mol. The average Bonchev–Trinajstić information content (AvgIpc) is 2.18. The Hall–Kier alpha value is -0.570. The second-order valence-electron chi connectivity index (χ2n) is 3.77. The largest absolute Gasteiger partial charge is 0.340 e. The third-order valence-corrected chi connectivity index (χ3v) is 2.57. The van der Waals surface area contributed by atoms with Gasteiger partial charge in [-0.05, 0) is 6.42 Å². The molecular weight excluding hydrogens is 164 g/mol. The number of carbonyl (C=O) groups excluding carboxylic acids is 1. The number of carbonyl (C=O) groups is 1. The van der Waals surface area contributed by atoms with E-state index in [2.05, 4.69) is 12.2 Å². The van der Waals surface area contributed by atoms with Gasteiger partial charge in [-0.3, -0.25) is 4.79 Å². The van der Waals surface area contributed by atoms with E-state index in [0.717, 1.165) is 39.0 Å². The zero-order valence-electron chi connectivity index (χ0n) is 8.68. The van der Waals surface area contributed by atoms with Gasteiger partial charge >= 0.3 is 0 Å². The highest BCUT2D eigenvalue weighted by Gasteiger charge is 2.20. The summed E-state index contributed by atoms with van der Waals surface area (Å²) in [5, 5.41) is 3.25. The van der Waals surface area contributed by atoms with E-state index in [1.807, 2.05) is 11.8 Å². The highest BCUT2D eigenvalue weighted by molar-refractivity contribution is 5.78. The molecule has 0 radical (unpaired) electrons. The van der Waals surface area contributed by atoms with Crippen LogP contribution in [0.1, 0.15) is 26.7 Å². The van der Waals surface area contributed by atoms with Gasteiger partial charge in [-0.25, -0.2) is 0 Å². The van der Waals surface area contributed by atoms with E-state index in [4.69, 9.17) is 0 Å². The SMILES string of the molecule is CCCC(C)C(=O)N1CCNCC1. The third-order valence-electron chi connectivity index (χ3n) is 2.57. The highest BCUT2D eigenvalue weighted by Crippen LogP contribution is 2.09. The fraction of sp³-hybridized carbons (Fsp3) is 0.900. The maximum Gasteiger partial charge on any atom is 0.225 e. The summed E-state index contributed by atoms with van der Waals surface area (Å²) in [6, 6.07) is 0. The average molecular weight is 184 g/mol. The van der Waals surface area contributed by atoms with Crippen molar-refractivity contribution >= 4 is 5.91 Å². The second-order valence-corrected chi connectivity index (χ2v) is 3.77. The van der Waals surface area contributed by atoms with Gasteiger partial charge in [0.2, 0.25) is 5.91 Å². The third kappa shape index (κ3) is 2.99. The van der Waals surface area contributed by atoms with E-state index < -0.39 is 0 Å². The molecule has 1 amide bonds. The van der Waals surface area contributed by atoms with E-state index >= 15 is 0 Å². The Morgan fingerprint density at radius 2 is 2.08 bits per heavy atom. The van der Waals surface area contributed by atoms with Gasteiger partial charge in [0.15, 0.2) is 0 Å². The molecule has 0 aromatic rings. The van der Waals surface area contributed by atoms with Gasteiger partial charge in [0, 0.05) is 32.1 Å². The Labute approximate surface area is 80.5 Å². The quantitative estimate of drug-likeness (QED) is 0.705. The molecule has 1 fully saturated rings. The van der Waals surface area contributed by atoms with Crippen LogP contribution in [0.3, 0.4) is 0 Å². The molecule has 0 aliphatic carbocycles. The van der Waals surface area contributed by atoms with Gasteiger partial charge in [-0.1, -0.05) is 20.3 Å². The van der Waals surface area contributed by atoms with Crippen LogP contribution in [0.5, 0.6) is 0 Å². The first kappa shape index (κ1) is 10.5. The normalized spacial score (nSPS) is 20.0. The minimum atomic E-state index is 0.211. The molecule has 1 unspecified atom stereocenters. The van der Waals surface area contributed by atoms with Crippen molar-refractivity contribution in [1.29, 1.82) is 0 Å². The highest BCUT2D eigenvalue weighted by atomic mass is 16.2. The summed E-state index contributed by atoms with van der Waals surface area (Å²) in [4.78, 5) is 13.8.